The van der Waals surface area contributed by atoms with E-state index in [1.54, 1.807) is 13.0 Å². The number of benzene rings is 1. The minimum absolute atomic E-state index is 0.284. The number of rotatable bonds is 2. The van der Waals surface area contributed by atoms with Gasteiger partial charge in [0.05, 0.1) is 6.04 Å². The largest absolute Gasteiger partial charge is 0.488 e. The van der Waals surface area contributed by atoms with Crippen LogP contribution in [0.5, 0.6) is 5.75 Å². The SMILES string of the molecule is C[C@@H](N)c1nc(C2=Cc3cc(Cl)ccc3OC2)no1. The third-order valence-electron chi connectivity index (χ3n) is 2.80. The molecule has 0 fully saturated rings. The smallest absolute Gasteiger partial charge is 0.243 e. The summed E-state index contributed by atoms with van der Waals surface area (Å²) < 4.78 is 10.7. The summed E-state index contributed by atoms with van der Waals surface area (Å²) in [5, 5.41) is 4.57. The van der Waals surface area contributed by atoms with Crippen LogP contribution < -0.4 is 10.5 Å². The van der Waals surface area contributed by atoms with Crippen molar-refractivity contribution in [1.82, 2.24) is 10.1 Å². The molecule has 0 unspecified atom stereocenters. The molecule has 0 saturated carbocycles. The lowest BCUT2D eigenvalue weighted by molar-refractivity contribution is 0.353. The zero-order valence-corrected chi connectivity index (χ0v) is 11.0. The highest BCUT2D eigenvalue weighted by Crippen LogP contribution is 2.31. The van der Waals surface area contributed by atoms with Crippen molar-refractivity contribution in [2.75, 3.05) is 6.61 Å². The summed E-state index contributed by atoms with van der Waals surface area (Å²) in [6.45, 7) is 2.19. The maximum absolute atomic E-state index is 5.96. The molecule has 1 aromatic heterocycles. The molecule has 19 heavy (non-hydrogen) atoms. The second-order valence-electron chi connectivity index (χ2n) is 4.39. The normalized spacial score (nSPS) is 15.4. The van der Waals surface area contributed by atoms with Gasteiger partial charge in [0.2, 0.25) is 11.7 Å². The van der Waals surface area contributed by atoms with Crippen LogP contribution in [0.4, 0.5) is 0 Å². The fourth-order valence-corrected chi connectivity index (χ4v) is 2.01. The molecule has 5 nitrogen and oxygen atoms in total. The Labute approximate surface area is 115 Å². The van der Waals surface area contributed by atoms with E-state index in [1.807, 2.05) is 18.2 Å². The van der Waals surface area contributed by atoms with Crippen LogP contribution in [0, 0.1) is 0 Å². The van der Waals surface area contributed by atoms with Gasteiger partial charge in [0.15, 0.2) is 0 Å². The summed E-state index contributed by atoms with van der Waals surface area (Å²) in [6, 6.07) is 5.19. The predicted octanol–water partition coefficient (Wildman–Crippen LogP) is 2.68. The highest BCUT2D eigenvalue weighted by Gasteiger charge is 2.18. The van der Waals surface area contributed by atoms with Gasteiger partial charge in [-0.1, -0.05) is 16.8 Å². The van der Waals surface area contributed by atoms with Gasteiger partial charge in [0.1, 0.15) is 12.4 Å². The van der Waals surface area contributed by atoms with E-state index in [9.17, 15) is 0 Å². The van der Waals surface area contributed by atoms with Crippen LogP contribution in [-0.2, 0) is 0 Å². The van der Waals surface area contributed by atoms with Crippen LogP contribution in [-0.4, -0.2) is 16.7 Å². The average molecular weight is 278 g/mol. The monoisotopic (exact) mass is 277 g/mol. The molecule has 6 heteroatoms. The molecule has 0 radical (unpaired) electrons. The number of hydrogen-bond acceptors (Lipinski definition) is 5. The van der Waals surface area contributed by atoms with Gasteiger partial charge >= 0.3 is 0 Å². The molecule has 2 heterocycles. The van der Waals surface area contributed by atoms with E-state index in [-0.39, 0.29) is 6.04 Å². The first-order valence-electron chi connectivity index (χ1n) is 5.86. The van der Waals surface area contributed by atoms with Crippen molar-refractivity contribution in [3.63, 3.8) is 0 Å². The second-order valence-corrected chi connectivity index (χ2v) is 4.82. The Kier molecular flexibility index (Phi) is 3.00. The maximum Gasteiger partial charge on any atom is 0.243 e. The quantitative estimate of drug-likeness (QED) is 0.913. The molecule has 1 aromatic carbocycles. The van der Waals surface area contributed by atoms with Crippen molar-refractivity contribution in [1.29, 1.82) is 0 Å². The van der Waals surface area contributed by atoms with Crippen LogP contribution in [0.3, 0.4) is 0 Å². The third-order valence-corrected chi connectivity index (χ3v) is 3.04. The molecule has 0 amide bonds. The first-order valence-corrected chi connectivity index (χ1v) is 6.24. The molecule has 98 valence electrons. The number of aromatic nitrogens is 2. The van der Waals surface area contributed by atoms with Crippen molar-refractivity contribution in [2.24, 2.45) is 5.73 Å². The van der Waals surface area contributed by atoms with Gasteiger partial charge in [-0.3, -0.25) is 0 Å². The van der Waals surface area contributed by atoms with Crippen molar-refractivity contribution in [2.45, 2.75) is 13.0 Å². The lowest BCUT2D eigenvalue weighted by Crippen LogP contribution is -2.08. The molecule has 1 aliphatic rings. The molecular formula is C13H12ClN3O2. The lowest BCUT2D eigenvalue weighted by Gasteiger charge is -2.16. The van der Waals surface area contributed by atoms with E-state index in [4.69, 9.17) is 26.6 Å². The predicted molar refractivity (Wildman–Crippen MR) is 71.7 cm³/mol. The second kappa shape index (κ2) is 4.68. The average Bonchev–Trinajstić information content (AvgIpc) is 2.87. The van der Waals surface area contributed by atoms with E-state index in [0.717, 1.165) is 16.9 Å². The highest BCUT2D eigenvalue weighted by atomic mass is 35.5. The number of nitrogens with zero attached hydrogens (tertiary/aromatic N) is 2. The summed E-state index contributed by atoms with van der Waals surface area (Å²) in [7, 11) is 0. The molecule has 0 aliphatic carbocycles. The summed E-state index contributed by atoms with van der Waals surface area (Å²) in [4.78, 5) is 4.24. The van der Waals surface area contributed by atoms with Crippen LogP contribution in [0.15, 0.2) is 22.7 Å². The minimum Gasteiger partial charge on any atom is -0.488 e. The number of halogens is 1. The van der Waals surface area contributed by atoms with Gasteiger partial charge in [-0.05, 0) is 31.2 Å². The summed E-state index contributed by atoms with van der Waals surface area (Å²) in [5.74, 6) is 1.70. The molecule has 3 rings (SSSR count). The molecule has 1 aliphatic heterocycles. The zero-order valence-electron chi connectivity index (χ0n) is 10.3. The Morgan fingerprint density at radius 1 is 1.42 bits per heavy atom. The van der Waals surface area contributed by atoms with Gasteiger partial charge in [-0.25, -0.2) is 0 Å². The molecule has 0 spiro atoms. The molecule has 2 aromatic rings. The summed E-state index contributed by atoms with van der Waals surface area (Å²) in [6.07, 6.45) is 1.94. The van der Waals surface area contributed by atoms with Crippen LogP contribution in [0.1, 0.15) is 30.2 Å². The van der Waals surface area contributed by atoms with Crippen LogP contribution in [0.2, 0.25) is 5.02 Å². The van der Waals surface area contributed by atoms with Crippen LogP contribution >= 0.6 is 11.6 Å². The minimum atomic E-state index is -0.284. The summed E-state index contributed by atoms with van der Waals surface area (Å²) >= 11 is 5.96. The molecule has 0 saturated heterocycles. The van der Waals surface area contributed by atoms with Gasteiger partial charge in [-0.2, -0.15) is 4.98 Å². The number of fused-ring (bicyclic) bond motifs is 1. The Bertz CT molecular complexity index is 649. The van der Waals surface area contributed by atoms with Crippen molar-refractivity contribution in [3.05, 3.63) is 40.5 Å². The maximum atomic E-state index is 5.96. The first-order chi connectivity index (χ1) is 9.13. The summed E-state index contributed by atoms with van der Waals surface area (Å²) in [5.41, 5.74) is 7.43. The topological polar surface area (TPSA) is 74.2 Å². The van der Waals surface area contributed by atoms with Gasteiger partial charge in [-0.15, -0.1) is 0 Å². The van der Waals surface area contributed by atoms with Crippen molar-refractivity contribution >= 4 is 23.3 Å². The standard InChI is InChI=1S/C13H12ClN3O2/c1-7(15)13-16-12(17-19-13)9-4-8-5-10(14)2-3-11(8)18-6-9/h2-5,7H,6,15H2,1H3/t7-/m1/s1. The van der Waals surface area contributed by atoms with E-state index in [0.29, 0.717) is 23.3 Å². The first kappa shape index (κ1) is 12.2. The zero-order chi connectivity index (χ0) is 13.4. The van der Waals surface area contributed by atoms with E-state index < -0.39 is 0 Å². The number of hydrogen-bond donors (Lipinski definition) is 1. The van der Waals surface area contributed by atoms with Crippen molar-refractivity contribution < 1.29 is 9.26 Å². The number of nitrogens with two attached hydrogens (primary N) is 1. The Hall–Kier alpha value is -1.85. The van der Waals surface area contributed by atoms with E-state index in [1.165, 1.54) is 0 Å². The van der Waals surface area contributed by atoms with E-state index >= 15 is 0 Å². The molecular weight excluding hydrogens is 266 g/mol. The van der Waals surface area contributed by atoms with Gasteiger partial charge < -0.3 is 15.0 Å². The Balaban J connectivity index is 1.97. The Morgan fingerprint density at radius 2 is 2.26 bits per heavy atom. The Morgan fingerprint density at radius 3 is 3.00 bits per heavy atom. The van der Waals surface area contributed by atoms with Crippen LogP contribution in [0.25, 0.3) is 11.6 Å². The highest BCUT2D eigenvalue weighted by molar-refractivity contribution is 6.30. The van der Waals surface area contributed by atoms with Crippen molar-refractivity contribution in [3.8, 4) is 5.75 Å². The lowest BCUT2D eigenvalue weighted by atomic mass is 10.1. The third kappa shape index (κ3) is 2.34. The fraction of sp³-hybridized carbons (Fsp3) is 0.231. The molecule has 1 atom stereocenters. The molecule has 0 bridgehead atoms. The fourth-order valence-electron chi connectivity index (χ4n) is 1.83. The van der Waals surface area contributed by atoms with Gasteiger partial charge in [0, 0.05) is 16.2 Å². The molecule has 2 N–H and O–H groups in total. The van der Waals surface area contributed by atoms with Gasteiger partial charge in [0.25, 0.3) is 0 Å². The van der Waals surface area contributed by atoms with E-state index in [2.05, 4.69) is 10.1 Å². The number of ether oxygens (including phenoxy) is 1.